The average molecular weight is 423 g/mol. The topological polar surface area (TPSA) is 40.6 Å². The molecule has 0 unspecified atom stereocenters. The summed E-state index contributed by atoms with van der Waals surface area (Å²) < 4.78 is 14.0. The molecule has 0 N–H and O–H groups in total. The van der Waals surface area contributed by atoms with Crippen LogP contribution >= 0.6 is 11.6 Å². The molecule has 0 saturated carbocycles. The molecule has 6 heteroatoms. The second kappa shape index (κ2) is 7.40. The van der Waals surface area contributed by atoms with Gasteiger partial charge in [-0.15, -0.1) is 0 Å². The molecule has 1 aliphatic carbocycles. The Morgan fingerprint density at radius 1 is 0.800 bits per heavy atom. The van der Waals surface area contributed by atoms with Crippen LogP contribution in [0.15, 0.2) is 48.5 Å². The lowest BCUT2D eigenvalue weighted by Crippen LogP contribution is -2.50. The van der Waals surface area contributed by atoms with E-state index in [0.717, 1.165) is 18.2 Å². The standard InChI is InChI=1S/C24H20ClFN2O2/c25-17-7-9-21(26)20(14-17)24(30)28-12-10-27(11-13-28)23(29)19-8-6-16-5-4-15-2-1-3-18(19)22(15)16/h1-3,6-9,14H,4-5,10-13H2. The summed E-state index contributed by atoms with van der Waals surface area (Å²) in [5.41, 5.74) is 3.28. The van der Waals surface area contributed by atoms with E-state index >= 15 is 0 Å². The number of amides is 2. The van der Waals surface area contributed by atoms with Crippen LogP contribution in [0.5, 0.6) is 0 Å². The summed E-state index contributed by atoms with van der Waals surface area (Å²) in [6.45, 7) is 1.54. The maximum atomic E-state index is 14.0. The van der Waals surface area contributed by atoms with Crippen molar-refractivity contribution in [3.8, 4) is 0 Å². The largest absolute Gasteiger partial charge is 0.335 e. The fourth-order valence-corrected chi connectivity index (χ4v) is 4.72. The van der Waals surface area contributed by atoms with Gasteiger partial charge in [-0.2, -0.15) is 0 Å². The number of hydrogen-bond donors (Lipinski definition) is 0. The van der Waals surface area contributed by atoms with Crippen LogP contribution in [0.1, 0.15) is 31.8 Å². The number of carbonyl (C=O) groups excluding carboxylic acids is 2. The van der Waals surface area contributed by atoms with Crippen molar-refractivity contribution in [1.29, 1.82) is 0 Å². The molecule has 0 atom stereocenters. The third kappa shape index (κ3) is 3.14. The normalized spacial score (nSPS) is 15.7. The Morgan fingerprint density at radius 3 is 2.13 bits per heavy atom. The summed E-state index contributed by atoms with van der Waals surface area (Å²) in [5, 5.41) is 2.54. The summed E-state index contributed by atoms with van der Waals surface area (Å²) in [6, 6.07) is 14.1. The molecule has 0 bridgehead atoms. The molecule has 0 aromatic heterocycles. The lowest BCUT2D eigenvalue weighted by Gasteiger charge is -2.35. The van der Waals surface area contributed by atoms with E-state index in [9.17, 15) is 14.0 Å². The zero-order chi connectivity index (χ0) is 20.8. The molecule has 4 nitrogen and oxygen atoms in total. The van der Waals surface area contributed by atoms with Crippen LogP contribution in [0.3, 0.4) is 0 Å². The number of nitrogens with zero attached hydrogens (tertiary/aromatic N) is 2. The predicted molar refractivity (Wildman–Crippen MR) is 115 cm³/mol. The summed E-state index contributed by atoms with van der Waals surface area (Å²) >= 11 is 5.92. The number of benzene rings is 3. The Morgan fingerprint density at radius 2 is 1.43 bits per heavy atom. The van der Waals surface area contributed by atoms with E-state index in [4.69, 9.17) is 11.6 Å². The molecular formula is C24H20ClFN2O2. The molecule has 1 fully saturated rings. The molecule has 0 spiro atoms. The van der Waals surface area contributed by atoms with Gasteiger partial charge >= 0.3 is 0 Å². The van der Waals surface area contributed by atoms with Crippen LogP contribution in [0.2, 0.25) is 5.02 Å². The SMILES string of the molecule is O=C(c1cc(Cl)ccc1F)N1CCN(C(=O)c2ccc3c4c(cccc24)CC3)CC1. The van der Waals surface area contributed by atoms with Crippen molar-refractivity contribution in [2.45, 2.75) is 12.8 Å². The van der Waals surface area contributed by atoms with Crippen molar-refractivity contribution in [2.75, 3.05) is 26.2 Å². The molecule has 30 heavy (non-hydrogen) atoms. The second-order valence-corrected chi connectivity index (χ2v) is 8.26. The first kappa shape index (κ1) is 19.1. The van der Waals surface area contributed by atoms with Gasteiger partial charge in [-0.25, -0.2) is 4.39 Å². The van der Waals surface area contributed by atoms with Gasteiger partial charge in [0.2, 0.25) is 0 Å². The second-order valence-electron chi connectivity index (χ2n) is 7.82. The molecule has 2 amide bonds. The zero-order valence-corrected chi connectivity index (χ0v) is 17.1. The van der Waals surface area contributed by atoms with Crippen LogP contribution in [-0.2, 0) is 12.8 Å². The molecular weight excluding hydrogens is 403 g/mol. The average Bonchev–Trinajstić information content (AvgIpc) is 3.20. The smallest absolute Gasteiger partial charge is 0.257 e. The van der Waals surface area contributed by atoms with Gasteiger partial charge in [0.25, 0.3) is 11.8 Å². The van der Waals surface area contributed by atoms with Crippen LogP contribution in [0, 0.1) is 5.82 Å². The van der Waals surface area contributed by atoms with Crippen LogP contribution in [0.4, 0.5) is 4.39 Å². The minimum Gasteiger partial charge on any atom is -0.335 e. The first-order valence-electron chi connectivity index (χ1n) is 10.1. The van der Waals surface area contributed by atoms with Gasteiger partial charge in [-0.3, -0.25) is 9.59 Å². The molecule has 1 heterocycles. The van der Waals surface area contributed by atoms with Crippen molar-refractivity contribution in [2.24, 2.45) is 0 Å². The van der Waals surface area contributed by atoms with Crippen LogP contribution in [0.25, 0.3) is 10.8 Å². The fraction of sp³-hybridized carbons (Fsp3) is 0.250. The van der Waals surface area contributed by atoms with E-state index in [2.05, 4.69) is 12.1 Å². The molecule has 152 valence electrons. The van der Waals surface area contributed by atoms with E-state index in [0.29, 0.717) is 36.8 Å². The van der Waals surface area contributed by atoms with Crippen LogP contribution < -0.4 is 0 Å². The van der Waals surface area contributed by atoms with Crippen molar-refractivity contribution in [1.82, 2.24) is 9.80 Å². The zero-order valence-electron chi connectivity index (χ0n) is 16.3. The number of carbonyl (C=O) groups is 2. The fourth-order valence-electron chi connectivity index (χ4n) is 4.55. The Balaban J connectivity index is 1.34. The third-order valence-corrected chi connectivity index (χ3v) is 6.36. The lowest BCUT2D eigenvalue weighted by molar-refractivity contribution is 0.0534. The van der Waals surface area contributed by atoms with Crippen molar-refractivity contribution >= 4 is 34.2 Å². The maximum Gasteiger partial charge on any atom is 0.257 e. The highest BCUT2D eigenvalue weighted by molar-refractivity contribution is 6.31. The van der Waals surface area contributed by atoms with Gasteiger partial charge in [0.15, 0.2) is 0 Å². The minimum absolute atomic E-state index is 0.0216. The Bertz CT molecular complexity index is 1180. The molecule has 0 radical (unpaired) electrons. The quantitative estimate of drug-likeness (QED) is 0.616. The van der Waals surface area contributed by atoms with E-state index in [1.165, 1.54) is 34.7 Å². The molecule has 3 aromatic carbocycles. The van der Waals surface area contributed by atoms with Gasteiger partial charge in [0, 0.05) is 36.8 Å². The Hall–Kier alpha value is -2.92. The van der Waals surface area contributed by atoms with Gasteiger partial charge in [0.1, 0.15) is 5.82 Å². The first-order chi connectivity index (χ1) is 14.5. The monoisotopic (exact) mass is 422 g/mol. The number of piperazine rings is 1. The highest BCUT2D eigenvalue weighted by atomic mass is 35.5. The number of rotatable bonds is 2. The predicted octanol–water partition coefficient (Wildman–Crippen LogP) is 4.33. The highest BCUT2D eigenvalue weighted by Crippen LogP contribution is 2.33. The van der Waals surface area contributed by atoms with Gasteiger partial charge in [-0.1, -0.05) is 35.9 Å². The maximum absolute atomic E-state index is 14.0. The highest BCUT2D eigenvalue weighted by Gasteiger charge is 2.28. The Labute approximate surface area is 178 Å². The summed E-state index contributed by atoms with van der Waals surface area (Å²) in [7, 11) is 0. The Kier molecular flexibility index (Phi) is 4.70. The van der Waals surface area contributed by atoms with Crippen molar-refractivity contribution in [3.63, 3.8) is 0 Å². The van der Waals surface area contributed by atoms with Crippen molar-refractivity contribution < 1.29 is 14.0 Å². The molecule has 5 rings (SSSR count). The summed E-state index contributed by atoms with van der Waals surface area (Å²) in [6.07, 6.45) is 2.04. The van der Waals surface area contributed by atoms with E-state index < -0.39 is 11.7 Å². The van der Waals surface area contributed by atoms with E-state index in [1.54, 1.807) is 9.80 Å². The molecule has 3 aromatic rings. The third-order valence-electron chi connectivity index (χ3n) is 6.12. The number of aryl methyl sites for hydroxylation is 2. The molecule has 2 aliphatic rings. The minimum atomic E-state index is -0.587. The molecule has 1 saturated heterocycles. The summed E-state index contributed by atoms with van der Waals surface area (Å²) in [5.74, 6) is -1.00. The van der Waals surface area contributed by atoms with Crippen LogP contribution in [-0.4, -0.2) is 47.8 Å². The first-order valence-corrected chi connectivity index (χ1v) is 10.5. The number of hydrogen-bond acceptors (Lipinski definition) is 2. The number of halogens is 2. The van der Waals surface area contributed by atoms with E-state index in [-0.39, 0.29) is 11.5 Å². The van der Waals surface area contributed by atoms with E-state index in [1.807, 2.05) is 18.2 Å². The molecule has 1 aliphatic heterocycles. The van der Waals surface area contributed by atoms with Gasteiger partial charge < -0.3 is 9.80 Å². The summed E-state index contributed by atoms with van der Waals surface area (Å²) in [4.78, 5) is 29.3. The van der Waals surface area contributed by atoms with Gasteiger partial charge in [-0.05, 0) is 59.0 Å². The van der Waals surface area contributed by atoms with Gasteiger partial charge in [0.05, 0.1) is 5.56 Å². The van der Waals surface area contributed by atoms with Crippen molar-refractivity contribution in [3.05, 3.63) is 81.6 Å². The lowest BCUT2D eigenvalue weighted by atomic mass is 9.99.